The third-order valence-corrected chi connectivity index (χ3v) is 9.16. The van der Waals surface area contributed by atoms with E-state index < -0.39 is 0 Å². The molecule has 5 rings (SSSR count). The zero-order chi connectivity index (χ0) is 35.1. The molecule has 0 aliphatic carbocycles. The van der Waals surface area contributed by atoms with Crippen LogP contribution in [-0.4, -0.2) is 69.9 Å². The third kappa shape index (κ3) is 7.13. The molecule has 1 amide bonds. The van der Waals surface area contributed by atoms with Crippen molar-refractivity contribution in [1.82, 2.24) is 24.8 Å². The summed E-state index contributed by atoms with van der Waals surface area (Å²) in [5, 5.41) is 3.39. The predicted octanol–water partition coefficient (Wildman–Crippen LogP) is 7.44. The van der Waals surface area contributed by atoms with Crippen molar-refractivity contribution in [2.24, 2.45) is 0 Å². The van der Waals surface area contributed by atoms with E-state index in [1.807, 2.05) is 52.0 Å². The number of likely N-dealkylation sites (N-methyl/N-ethyl adjacent to an activating group) is 1. The molecule has 1 aliphatic rings. The molecule has 2 aromatic carbocycles. The number of benzene rings is 2. The second kappa shape index (κ2) is 13.3. The number of hydrogen-bond acceptors (Lipinski definition) is 7. The van der Waals surface area contributed by atoms with E-state index in [1.54, 1.807) is 18.1 Å². The highest BCUT2D eigenvalue weighted by Gasteiger charge is 2.32. The summed E-state index contributed by atoms with van der Waals surface area (Å²) in [4.78, 5) is 34.1. The van der Waals surface area contributed by atoms with Crippen molar-refractivity contribution in [3.8, 4) is 11.3 Å². The van der Waals surface area contributed by atoms with Crippen molar-refractivity contribution in [3.05, 3.63) is 93.9 Å². The van der Waals surface area contributed by atoms with Gasteiger partial charge in [0, 0.05) is 79.3 Å². The fourth-order valence-electron chi connectivity index (χ4n) is 6.19. The van der Waals surface area contributed by atoms with Gasteiger partial charge in [0.1, 0.15) is 0 Å². The van der Waals surface area contributed by atoms with Crippen LogP contribution in [-0.2, 0) is 6.54 Å². The minimum Gasteiger partial charge on any atom is -0.324 e. The van der Waals surface area contributed by atoms with E-state index in [9.17, 15) is 4.79 Å². The minimum atomic E-state index is -0.0794. The summed E-state index contributed by atoms with van der Waals surface area (Å²) in [5.41, 5.74) is 8.53. The first-order chi connectivity index (χ1) is 22.6. The monoisotopic (exact) mass is 621 g/mol. The van der Waals surface area contributed by atoms with Gasteiger partial charge >= 0.3 is 0 Å². The fourth-order valence-corrected chi connectivity index (χ4v) is 6.19. The second-order valence-corrected chi connectivity index (χ2v) is 13.7. The Morgan fingerprint density at radius 2 is 1.80 bits per heavy atom. The maximum Gasteiger partial charge on any atom is 0.258 e. The van der Waals surface area contributed by atoms with E-state index >= 15 is 0 Å². The van der Waals surface area contributed by atoms with Gasteiger partial charge in [0.25, 0.3) is 5.91 Å². The Hall–Kier alpha value is -4.14. The molecule has 1 aliphatic heterocycles. The van der Waals surface area contributed by atoms with Gasteiger partial charge in [-0.3, -0.25) is 14.7 Å². The Kier molecular flexibility index (Phi) is 8.82. The number of carbonyl (C=O) groups excluding carboxylic acids is 1. The van der Waals surface area contributed by atoms with Crippen molar-refractivity contribution in [2.75, 3.05) is 43.9 Å². The van der Waals surface area contributed by atoms with Crippen LogP contribution < -0.4 is 10.2 Å². The first-order valence-electron chi connectivity index (χ1n) is 17.1. The number of nitrogens with one attached hydrogen (secondary N) is 1. The topological polar surface area (TPSA) is 77.5 Å². The molecule has 0 spiro atoms. The molecule has 4 aromatic rings. The predicted molar refractivity (Wildman–Crippen MR) is 189 cm³/mol. The number of anilines is 3. The Morgan fingerprint density at radius 3 is 2.50 bits per heavy atom. The normalized spacial score (nSPS) is 15.9. The summed E-state index contributed by atoms with van der Waals surface area (Å²) < 4.78 is 17.2. The molecule has 0 saturated carbocycles. The van der Waals surface area contributed by atoms with Gasteiger partial charge in [-0.05, 0) is 107 Å². The second-order valence-electron chi connectivity index (χ2n) is 13.7. The molecular weight excluding hydrogens is 570 g/mol. The summed E-state index contributed by atoms with van der Waals surface area (Å²) in [6, 6.07) is 12.4. The number of hydrogen-bond donors (Lipinski definition) is 1. The molecule has 0 radical (unpaired) electrons. The first-order valence-corrected chi connectivity index (χ1v) is 16.1. The Labute approximate surface area is 277 Å². The Balaban J connectivity index is 1.41. The molecule has 8 nitrogen and oxygen atoms in total. The lowest BCUT2D eigenvalue weighted by atomic mass is 9.97. The van der Waals surface area contributed by atoms with Gasteiger partial charge in [-0.25, -0.2) is 9.97 Å². The summed E-state index contributed by atoms with van der Waals surface area (Å²) in [7, 11) is 3.98. The molecule has 1 N–H and O–H groups in total. The van der Waals surface area contributed by atoms with Gasteiger partial charge in [0.15, 0.2) is 0 Å². The van der Waals surface area contributed by atoms with Gasteiger partial charge in [-0.15, -0.1) is 0 Å². The van der Waals surface area contributed by atoms with Crippen LogP contribution in [0.5, 0.6) is 0 Å². The van der Waals surface area contributed by atoms with Crippen LogP contribution in [0.1, 0.15) is 80.2 Å². The molecule has 46 heavy (non-hydrogen) atoms. The molecule has 2 aromatic heterocycles. The molecule has 0 unspecified atom stereocenters. The van der Waals surface area contributed by atoms with Crippen LogP contribution in [0.3, 0.4) is 0 Å². The average Bonchev–Trinajstić information content (AvgIpc) is 3.01. The van der Waals surface area contributed by atoms with Gasteiger partial charge < -0.3 is 15.1 Å². The van der Waals surface area contributed by atoms with Crippen molar-refractivity contribution in [2.45, 2.75) is 73.4 Å². The number of piperazine rings is 1. The van der Waals surface area contributed by atoms with E-state index in [4.69, 9.17) is 7.73 Å². The quantitative estimate of drug-likeness (QED) is 0.219. The van der Waals surface area contributed by atoms with Crippen LogP contribution in [0.2, 0.25) is 0 Å². The summed E-state index contributed by atoms with van der Waals surface area (Å²) in [6.45, 7) is 20.3. The first kappa shape index (κ1) is 30.5. The highest BCUT2D eigenvalue weighted by Crippen LogP contribution is 2.32. The Bertz CT molecular complexity index is 1860. The number of nitrogens with zero attached hydrogens (tertiary/aromatic N) is 6. The van der Waals surface area contributed by atoms with Crippen molar-refractivity contribution in [3.63, 3.8) is 0 Å². The molecule has 1 saturated heterocycles. The minimum absolute atomic E-state index is 0.0207. The lowest BCUT2D eigenvalue weighted by Gasteiger charge is -2.46. The zero-order valence-corrected chi connectivity index (χ0v) is 29.0. The largest absolute Gasteiger partial charge is 0.324 e. The zero-order valence-electron chi connectivity index (χ0n) is 31.0. The lowest BCUT2D eigenvalue weighted by Crippen LogP contribution is -2.57. The maximum atomic E-state index is 13.9. The molecule has 3 heterocycles. The van der Waals surface area contributed by atoms with Gasteiger partial charge in [0.2, 0.25) is 5.95 Å². The lowest BCUT2D eigenvalue weighted by molar-refractivity contribution is 0.0254. The fraction of sp³-hybridized carbons (Fsp3) is 0.421. The average molecular weight is 622 g/mol. The SMILES string of the molecule is [2H]c1nc(C)c(C)c([2H])c1-c1nc(Nc2cc(N(C)C(=O)c3ccc(CN4CCN(C)CC4(C)C)cc3C)ccc2C(C)C)ncc1C. The number of aryl methyl sites for hydroxylation is 3. The number of aromatic nitrogens is 3. The summed E-state index contributed by atoms with van der Waals surface area (Å²) >= 11 is 0. The van der Waals surface area contributed by atoms with E-state index in [0.29, 0.717) is 28.5 Å². The molecule has 8 heteroatoms. The standard InChI is InChI=1S/C38H49N7O/c1-24(2)32-14-12-31(19-34(32)41-37-40-20-27(5)35(42-37)30-18-25(3)28(6)39-21-30)44(10)36(46)33-13-11-29(17-26(33)4)22-45-16-15-43(9)23-38(45,7)8/h11-14,17-21,24H,15-16,22-23H2,1-10H3,(H,40,41,42)/i18D,21D. The number of rotatable bonds is 8. The molecule has 0 atom stereocenters. The van der Waals surface area contributed by atoms with Crippen LogP contribution >= 0.6 is 0 Å². The molecule has 1 fully saturated rings. The third-order valence-electron chi connectivity index (χ3n) is 9.16. The van der Waals surface area contributed by atoms with Crippen molar-refractivity contribution < 1.29 is 7.54 Å². The number of amides is 1. The highest BCUT2D eigenvalue weighted by molar-refractivity contribution is 6.07. The van der Waals surface area contributed by atoms with Crippen molar-refractivity contribution in [1.29, 1.82) is 0 Å². The number of pyridine rings is 1. The van der Waals surface area contributed by atoms with E-state index in [-0.39, 0.29) is 29.6 Å². The molecule has 0 bridgehead atoms. The maximum absolute atomic E-state index is 13.9. The van der Waals surface area contributed by atoms with Gasteiger partial charge in [-0.2, -0.15) is 0 Å². The van der Waals surface area contributed by atoms with E-state index in [2.05, 4.69) is 72.0 Å². The van der Waals surface area contributed by atoms with Gasteiger partial charge in [0.05, 0.1) is 8.44 Å². The van der Waals surface area contributed by atoms with Gasteiger partial charge in [-0.1, -0.05) is 32.0 Å². The smallest absolute Gasteiger partial charge is 0.258 e. The summed E-state index contributed by atoms with van der Waals surface area (Å²) in [5.74, 6) is 0.455. The van der Waals surface area contributed by atoms with Crippen molar-refractivity contribution >= 4 is 23.2 Å². The summed E-state index contributed by atoms with van der Waals surface area (Å²) in [6.07, 6.45) is 1.72. The number of carbonyl (C=O) groups is 1. The van der Waals surface area contributed by atoms with Crippen LogP contribution in [0, 0.1) is 27.7 Å². The van der Waals surface area contributed by atoms with Crippen LogP contribution in [0.25, 0.3) is 11.3 Å². The van der Waals surface area contributed by atoms with E-state index in [1.165, 1.54) is 5.56 Å². The Morgan fingerprint density at radius 1 is 1.04 bits per heavy atom. The molecule has 242 valence electrons. The highest BCUT2D eigenvalue weighted by atomic mass is 16.2. The van der Waals surface area contributed by atoms with Crippen LogP contribution in [0.4, 0.5) is 17.3 Å². The molecular formula is C38H49N7O. The van der Waals surface area contributed by atoms with E-state index in [0.717, 1.165) is 59.8 Å². The van der Waals surface area contributed by atoms with Crippen LogP contribution in [0.15, 0.2) is 54.8 Å².